The quantitative estimate of drug-likeness (QED) is 0.408. The molecule has 3 amide bonds. The van der Waals surface area contributed by atoms with Crippen molar-refractivity contribution in [2.75, 3.05) is 26.2 Å². The maximum absolute atomic E-state index is 11.5. The molecule has 0 aliphatic carbocycles. The Morgan fingerprint density at radius 1 is 1.48 bits per heavy atom. The van der Waals surface area contributed by atoms with Crippen molar-refractivity contribution in [2.24, 2.45) is 4.99 Å². The maximum atomic E-state index is 11.5. The van der Waals surface area contributed by atoms with Crippen LogP contribution in [0.5, 0.6) is 0 Å². The van der Waals surface area contributed by atoms with E-state index in [1.54, 1.807) is 0 Å². The van der Waals surface area contributed by atoms with Crippen molar-refractivity contribution >= 4 is 17.9 Å². The topological polar surface area (TPSA) is 99.0 Å². The SMILES string of the molecule is CCNC(=NCCN1C(=O)CNC1=O)NC(C)c1ccc(C)o1. The average molecular weight is 321 g/mol. The summed E-state index contributed by atoms with van der Waals surface area (Å²) < 4.78 is 5.59. The van der Waals surface area contributed by atoms with Crippen molar-refractivity contribution in [1.29, 1.82) is 0 Å². The summed E-state index contributed by atoms with van der Waals surface area (Å²) in [5.41, 5.74) is 0. The Balaban J connectivity index is 1.91. The number of aryl methyl sites for hydroxylation is 1. The Bertz CT molecular complexity index is 580. The third-order valence-corrected chi connectivity index (χ3v) is 3.42. The normalized spacial score (nSPS) is 16.5. The molecule has 0 radical (unpaired) electrons. The molecule has 0 aromatic carbocycles. The molecule has 1 fully saturated rings. The Morgan fingerprint density at radius 2 is 2.26 bits per heavy atom. The number of furan rings is 1. The molecule has 0 bridgehead atoms. The largest absolute Gasteiger partial charge is 0.464 e. The number of urea groups is 1. The van der Waals surface area contributed by atoms with Crippen LogP contribution in [0.25, 0.3) is 0 Å². The molecule has 8 heteroatoms. The van der Waals surface area contributed by atoms with E-state index in [9.17, 15) is 9.59 Å². The molecule has 1 atom stereocenters. The van der Waals surface area contributed by atoms with Gasteiger partial charge in [-0.15, -0.1) is 0 Å². The highest BCUT2D eigenvalue weighted by atomic mass is 16.3. The molecule has 1 aromatic heterocycles. The highest BCUT2D eigenvalue weighted by molar-refractivity contribution is 6.01. The van der Waals surface area contributed by atoms with Gasteiger partial charge in [-0.25, -0.2) is 4.79 Å². The van der Waals surface area contributed by atoms with Gasteiger partial charge in [-0.3, -0.25) is 14.7 Å². The van der Waals surface area contributed by atoms with E-state index in [2.05, 4.69) is 20.9 Å². The molecule has 1 aliphatic heterocycles. The average Bonchev–Trinajstić information content (AvgIpc) is 3.07. The minimum Gasteiger partial charge on any atom is -0.464 e. The van der Waals surface area contributed by atoms with Crippen molar-refractivity contribution in [1.82, 2.24) is 20.9 Å². The number of hydrogen-bond acceptors (Lipinski definition) is 4. The van der Waals surface area contributed by atoms with Crippen LogP contribution < -0.4 is 16.0 Å². The van der Waals surface area contributed by atoms with Gasteiger partial charge in [0.2, 0.25) is 5.91 Å². The summed E-state index contributed by atoms with van der Waals surface area (Å²) in [6.07, 6.45) is 0. The van der Waals surface area contributed by atoms with Gasteiger partial charge in [0.15, 0.2) is 5.96 Å². The molecule has 1 unspecified atom stereocenters. The molecule has 1 saturated heterocycles. The van der Waals surface area contributed by atoms with E-state index in [0.717, 1.165) is 11.5 Å². The number of nitrogens with one attached hydrogen (secondary N) is 3. The van der Waals surface area contributed by atoms with Crippen LogP contribution in [0.3, 0.4) is 0 Å². The zero-order valence-electron chi connectivity index (χ0n) is 13.7. The number of rotatable bonds is 6. The number of aliphatic imine (C=N–C) groups is 1. The summed E-state index contributed by atoms with van der Waals surface area (Å²) in [6, 6.07) is 3.43. The van der Waals surface area contributed by atoms with Crippen LogP contribution in [0.15, 0.2) is 21.5 Å². The van der Waals surface area contributed by atoms with Crippen LogP contribution in [0.4, 0.5) is 4.79 Å². The summed E-state index contributed by atoms with van der Waals surface area (Å²) >= 11 is 0. The molecule has 0 saturated carbocycles. The first-order valence-corrected chi connectivity index (χ1v) is 7.70. The Kier molecular flexibility index (Phi) is 5.61. The minimum absolute atomic E-state index is 0.0433. The lowest BCUT2D eigenvalue weighted by atomic mass is 10.2. The van der Waals surface area contributed by atoms with Crippen molar-refractivity contribution in [3.8, 4) is 0 Å². The van der Waals surface area contributed by atoms with E-state index in [1.165, 1.54) is 4.90 Å². The predicted octanol–water partition coefficient (Wildman–Crippen LogP) is 0.756. The summed E-state index contributed by atoms with van der Waals surface area (Å²) in [5, 5.41) is 8.85. The van der Waals surface area contributed by atoms with Gasteiger partial charge in [0.05, 0.1) is 25.7 Å². The molecule has 3 N–H and O–H groups in total. The maximum Gasteiger partial charge on any atom is 0.324 e. The summed E-state index contributed by atoms with van der Waals surface area (Å²) in [4.78, 5) is 28.5. The predicted molar refractivity (Wildman–Crippen MR) is 86.1 cm³/mol. The number of guanidine groups is 1. The van der Waals surface area contributed by atoms with Crippen LogP contribution in [0.2, 0.25) is 0 Å². The zero-order valence-corrected chi connectivity index (χ0v) is 13.7. The van der Waals surface area contributed by atoms with Gasteiger partial charge in [0.25, 0.3) is 0 Å². The van der Waals surface area contributed by atoms with Gasteiger partial charge < -0.3 is 20.4 Å². The molecule has 2 rings (SSSR count). The zero-order chi connectivity index (χ0) is 16.8. The second-order valence-electron chi connectivity index (χ2n) is 5.28. The highest BCUT2D eigenvalue weighted by Crippen LogP contribution is 2.15. The standard InChI is InChI=1S/C15H23N5O3/c1-4-16-14(19-11(3)12-6-5-10(2)23-12)17-7-8-20-13(21)9-18-15(20)22/h5-6,11H,4,7-9H2,1-3H3,(H,18,22)(H2,16,17,19). The third kappa shape index (κ3) is 4.48. The van der Waals surface area contributed by atoms with Crippen molar-refractivity contribution in [3.05, 3.63) is 23.7 Å². The summed E-state index contributed by atoms with van der Waals surface area (Å²) in [5.74, 6) is 2.07. The lowest BCUT2D eigenvalue weighted by Crippen LogP contribution is -2.39. The Hall–Kier alpha value is -2.51. The number of amides is 3. The molecule has 23 heavy (non-hydrogen) atoms. The fraction of sp³-hybridized carbons (Fsp3) is 0.533. The van der Waals surface area contributed by atoms with Crippen LogP contribution in [0, 0.1) is 6.92 Å². The van der Waals surface area contributed by atoms with Crippen molar-refractivity contribution in [2.45, 2.75) is 26.8 Å². The monoisotopic (exact) mass is 321 g/mol. The fourth-order valence-corrected chi connectivity index (χ4v) is 2.23. The van der Waals surface area contributed by atoms with E-state index in [4.69, 9.17) is 4.42 Å². The Labute approximate surface area is 135 Å². The number of nitrogens with zero attached hydrogens (tertiary/aromatic N) is 2. The first-order valence-electron chi connectivity index (χ1n) is 7.70. The molecule has 1 aliphatic rings. The smallest absolute Gasteiger partial charge is 0.324 e. The van der Waals surface area contributed by atoms with E-state index < -0.39 is 0 Å². The lowest BCUT2D eigenvalue weighted by molar-refractivity contribution is -0.124. The number of carbonyl (C=O) groups is 2. The summed E-state index contributed by atoms with van der Waals surface area (Å²) in [6.45, 7) is 7.20. The second kappa shape index (κ2) is 7.66. The van der Waals surface area contributed by atoms with Crippen molar-refractivity contribution < 1.29 is 14.0 Å². The molecule has 1 aromatic rings. The molecule has 126 valence electrons. The molecule has 2 heterocycles. The summed E-state index contributed by atoms with van der Waals surface area (Å²) in [7, 11) is 0. The number of imide groups is 1. The first kappa shape index (κ1) is 16.9. The highest BCUT2D eigenvalue weighted by Gasteiger charge is 2.27. The second-order valence-corrected chi connectivity index (χ2v) is 5.28. The lowest BCUT2D eigenvalue weighted by Gasteiger charge is -2.17. The molecular formula is C15H23N5O3. The minimum atomic E-state index is -0.359. The molecular weight excluding hydrogens is 298 g/mol. The van der Waals surface area contributed by atoms with Gasteiger partial charge in [0, 0.05) is 6.54 Å². The van der Waals surface area contributed by atoms with E-state index in [-0.39, 0.29) is 31.1 Å². The van der Waals surface area contributed by atoms with E-state index >= 15 is 0 Å². The molecule has 8 nitrogen and oxygen atoms in total. The first-order chi connectivity index (χ1) is 11.0. The van der Waals surface area contributed by atoms with Gasteiger partial charge in [-0.05, 0) is 32.9 Å². The van der Waals surface area contributed by atoms with Gasteiger partial charge in [0.1, 0.15) is 11.5 Å². The third-order valence-electron chi connectivity index (χ3n) is 3.42. The molecule has 0 spiro atoms. The van der Waals surface area contributed by atoms with Crippen LogP contribution in [-0.4, -0.2) is 49.0 Å². The number of carbonyl (C=O) groups excluding carboxylic acids is 2. The van der Waals surface area contributed by atoms with Crippen molar-refractivity contribution in [3.63, 3.8) is 0 Å². The fourth-order valence-electron chi connectivity index (χ4n) is 2.23. The van der Waals surface area contributed by atoms with Gasteiger partial charge in [-0.1, -0.05) is 0 Å². The van der Waals surface area contributed by atoms with E-state index in [1.807, 2.05) is 32.9 Å². The Morgan fingerprint density at radius 3 is 2.83 bits per heavy atom. The number of hydrogen-bond donors (Lipinski definition) is 3. The van der Waals surface area contributed by atoms with Crippen LogP contribution >= 0.6 is 0 Å². The van der Waals surface area contributed by atoms with Gasteiger partial charge in [-0.2, -0.15) is 0 Å². The van der Waals surface area contributed by atoms with E-state index in [0.29, 0.717) is 19.0 Å². The van der Waals surface area contributed by atoms with Gasteiger partial charge >= 0.3 is 6.03 Å². The van der Waals surface area contributed by atoms with Crippen LogP contribution in [-0.2, 0) is 4.79 Å². The van der Waals surface area contributed by atoms with Crippen LogP contribution in [0.1, 0.15) is 31.4 Å².